The Morgan fingerprint density at radius 1 is 1.22 bits per heavy atom. The van der Waals surface area contributed by atoms with Crippen LogP contribution in [0.1, 0.15) is 66.7 Å². The van der Waals surface area contributed by atoms with Crippen molar-refractivity contribution in [3.63, 3.8) is 0 Å². The first-order valence-corrected chi connectivity index (χ1v) is 14.0. The van der Waals surface area contributed by atoms with Crippen molar-refractivity contribution < 1.29 is 24.2 Å². The van der Waals surface area contributed by atoms with Crippen molar-refractivity contribution in [1.82, 2.24) is 9.80 Å². The van der Waals surface area contributed by atoms with Gasteiger partial charge in [-0.3, -0.25) is 14.4 Å². The summed E-state index contributed by atoms with van der Waals surface area (Å²) in [5.74, 6) is -1.69. The van der Waals surface area contributed by atoms with Crippen LogP contribution in [0.15, 0.2) is 25.3 Å². The molecule has 36 heavy (non-hydrogen) atoms. The van der Waals surface area contributed by atoms with E-state index < -0.39 is 28.2 Å². The molecule has 5 atom stereocenters. The molecule has 3 rings (SSSR count). The highest BCUT2D eigenvalue weighted by Crippen LogP contribution is 2.66. The third-order valence-corrected chi connectivity index (χ3v) is 9.68. The third-order valence-electron chi connectivity index (χ3n) is 7.73. The Morgan fingerprint density at radius 2 is 1.92 bits per heavy atom. The first kappa shape index (κ1) is 28.8. The van der Waals surface area contributed by atoms with Gasteiger partial charge in [-0.05, 0) is 51.4 Å². The molecular weight excluding hydrogens is 476 g/mol. The van der Waals surface area contributed by atoms with E-state index in [-0.39, 0.29) is 41.7 Å². The summed E-state index contributed by atoms with van der Waals surface area (Å²) in [4.78, 5) is 45.2. The highest BCUT2D eigenvalue weighted by Gasteiger charge is 2.74. The van der Waals surface area contributed by atoms with E-state index in [1.807, 2.05) is 4.90 Å². The second-order valence-corrected chi connectivity index (χ2v) is 13.8. The van der Waals surface area contributed by atoms with Gasteiger partial charge in [-0.15, -0.1) is 18.3 Å². The van der Waals surface area contributed by atoms with Gasteiger partial charge in [0.25, 0.3) is 0 Å². The molecule has 202 valence electrons. The molecule has 0 radical (unpaired) electrons. The van der Waals surface area contributed by atoms with Crippen LogP contribution in [0.25, 0.3) is 0 Å². The lowest BCUT2D eigenvalue weighted by Gasteiger charge is -2.46. The minimum atomic E-state index is -0.653. The van der Waals surface area contributed by atoms with Crippen LogP contribution in [-0.2, 0) is 19.1 Å². The molecule has 0 aromatic rings. The summed E-state index contributed by atoms with van der Waals surface area (Å²) in [6.07, 6.45) is 6.72. The fraction of sp³-hybridized carbons (Fsp3) is 0.750. The highest BCUT2D eigenvalue weighted by atomic mass is 32.2. The number of carbonyl (C=O) groups excluding carboxylic acids is 3. The van der Waals surface area contributed by atoms with Crippen molar-refractivity contribution in [2.75, 3.05) is 26.3 Å². The fourth-order valence-electron chi connectivity index (χ4n) is 6.88. The number of hydrogen-bond acceptors (Lipinski definition) is 6. The minimum Gasteiger partial charge on any atom is -0.461 e. The summed E-state index contributed by atoms with van der Waals surface area (Å²) in [6.45, 7) is 19.1. The van der Waals surface area contributed by atoms with Crippen LogP contribution in [0, 0.1) is 17.3 Å². The smallest absolute Gasteiger partial charge is 0.311 e. The summed E-state index contributed by atoms with van der Waals surface area (Å²) in [5, 5.41) is 9.33. The van der Waals surface area contributed by atoms with Crippen molar-refractivity contribution in [3.05, 3.63) is 25.3 Å². The first-order valence-electron chi connectivity index (χ1n) is 13.1. The number of amides is 2. The van der Waals surface area contributed by atoms with Gasteiger partial charge in [0.2, 0.25) is 11.8 Å². The van der Waals surface area contributed by atoms with Gasteiger partial charge >= 0.3 is 5.97 Å². The monoisotopic (exact) mass is 520 g/mol. The van der Waals surface area contributed by atoms with Gasteiger partial charge in [-0.1, -0.05) is 39.5 Å². The van der Waals surface area contributed by atoms with Crippen molar-refractivity contribution in [1.29, 1.82) is 0 Å². The maximum Gasteiger partial charge on any atom is 0.311 e. The maximum absolute atomic E-state index is 14.5. The standard InChI is InChI=1S/C28H44N2O5S/c1-8-14-30(27(6,7)18-26(3,4)5)24(33)22-28-13-12-19(36-28)20(25(34)35-17-9-2)21(28)23(32)29(22)15-10-11-16-31/h8-9,19-22,31H,1-2,10-18H2,3-7H3/t19-,20+,21-,22?,28?/m0/s1. The summed E-state index contributed by atoms with van der Waals surface area (Å²) in [5.41, 5.74) is -0.460. The van der Waals surface area contributed by atoms with Gasteiger partial charge in [0.15, 0.2) is 0 Å². The number of ether oxygens (including phenoxy) is 1. The van der Waals surface area contributed by atoms with E-state index in [0.717, 1.165) is 19.3 Å². The maximum atomic E-state index is 14.5. The van der Waals surface area contributed by atoms with E-state index in [1.54, 1.807) is 22.7 Å². The van der Waals surface area contributed by atoms with E-state index >= 15 is 0 Å². The summed E-state index contributed by atoms with van der Waals surface area (Å²) < 4.78 is 4.78. The summed E-state index contributed by atoms with van der Waals surface area (Å²) in [6, 6.07) is -0.653. The van der Waals surface area contributed by atoms with E-state index in [2.05, 4.69) is 47.8 Å². The summed E-state index contributed by atoms with van der Waals surface area (Å²) in [7, 11) is 0. The van der Waals surface area contributed by atoms with Gasteiger partial charge < -0.3 is 19.6 Å². The number of fused-ring (bicyclic) bond motifs is 1. The first-order chi connectivity index (χ1) is 16.8. The molecule has 3 heterocycles. The Kier molecular flexibility index (Phi) is 8.71. The number of aliphatic hydroxyl groups is 1. The van der Waals surface area contributed by atoms with Crippen molar-refractivity contribution in [2.45, 2.75) is 88.3 Å². The van der Waals surface area contributed by atoms with Gasteiger partial charge in [-0.2, -0.15) is 0 Å². The molecule has 0 aliphatic carbocycles. The molecule has 2 bridgehead atoms. The van der Waals surface area contributed by atoms with Gasteiger partial charge in [-0.25, -0.2) is 0 Å². The normalized spacial score (nSPS) is 29.3. The number of hydrogen-bond donors (Lipinski definition) is 1. The molecule has 7 nitrogen and oxygen atoms in total. The topological polar surface area (TPSA) is 87.2 Å². The lowest BCUT2D eigenvalue weighted by molar-refractivity contribution is -0.153. The zero-order valence-electron chi connectivity index (χ0n) is 22.6. The van der Waals surface area contributed by atoms with Crippen molar-refractivity contribution >= 4 is 29.5 Å². The van der Waals surface area contributed by atoms with Crippen LogP contribution in [0.5, 0.6) is 0 Å². The van der Waals surface area contributed by atoms with Gasteiger partial charge in [0.05, 0.1) is 16.6 Å². The number of thioether (sulfide) groups is 1. The molecule has 1 spiro atoms. The lowest BCUT2D eigenvalue weighted by atomic mass is 9.71. The fourth-order valence-corrected chi connectivity index (χ4v) is 9.08. The molecule has 3 aliphatic heterocycles. The number of aliphatic hydroxyl groups excluding tert-OH is 1. The number of esters is 1. The number of rotatable bonds is 12. The average molecular weight is 521 g/mol. The van der Waals surface area contributed by atoms with Crippen LogP contribution in [-0.4, -0.2) is 80.6 Å². The predicted molar refractivity (Wildman–Crippen MR) is 143 cm³/mol. The number of nitrogens with zero attached hydrogens (tertiary/aromatic N) is 2. The van der Waals surface area contributed by atoms with Crippen LogP contribution < -0.4 is 0 Å². The molecular formula is C28H44N2O5S. The minimum absolute atomic E-state index is 0.00308. The highest BCUT2D eigenvalue weighted by molar-refractivity contribution is 8.02. The van der Waals surface area contributed by atoms with Crippen molar-refractivity contribution in [3.8, 4) is 0 Å². The van der Waals surface area contributed by atoms with Crippen LogP contribution in [0.3, 0.4) is 0 Å². The molecule has 2 unspecified atom stereocenters. The Hall–Kier alpha value is -1.80. The molecule has 3 aliphatic rings. The van der Waals surface area contributed by atoms with Gasteiger partial charge in [0, 0.05) is 30.5 Å². The molecule has 2 amide bonds. The summed E-state index contributed by atoms with van der Waals surface area (Å²) >= 11 is 1.65. The molecule has 0 aromatic carbocycles. The van der Waals surface area contributed by atoms with Crippen LogP contribution in [0.4, 0.5) is 0 Å². The number of likely N-dealkylation sites (tertiary alicyclic amines) is 1. The molecule has 3 saturated heterocycles. The molecule has 0 aromatic heterocycles. The van der Waals surface area contributed by atoms with E-state index in [9.17, 15) is 19.5 Å². The van der Waals surface area contributed by atoms with Crippen LogP contribution in [0.2, 0.25) is 0 Å². The largest absolute Gasteiger partial charge is 0.461 e. The zero-order chi connectivity index (χ0) is 26.9. The predicted octanol–water partition coefficient (Wildman–Crippen LogP) is 3.81. The second-order valence-electron chi connectivity index (χ2n) is 12.2. The van der Waals surface area contributed by atoms with Crippen LogP contribution >= 0.6 is 11.8 Å². The van der Waals surface area contributed by atoms with Gasteiger partial charge in [0.1, 0.15) is 12.6 Å². The second kappa shape index (κ2) is 10.9. The lowest BCUT2D eigenvalue weighted by Crippen LogP contribution is -2.60. The average Bonchev–Trinajstić information content (AvgIpc) is 3.41. The van der Waals surface area contributed by atoms with E-state index in [4.69, 9.17) is 4.74 Å². The molecule has 8 heteroatoms. The van der Waals surface area contributed by atoms with E-state index in [1.165, 1.54) is 6.08 Å². The van der Waals surface area contributed by atoms with E-state index in [0.29, 0.717) is 25.9 Å². The zero-order valence-corrected chi connectivity index (χ0v) is 23.4. The SMILES string of the molecule is C=CCOC(=O)[C@@H]1[C@@H]2CCC3(S2)C(C(=O)N(CC=C)C(C)(C)CC(C)(C)C)N(CCCCO)C(=O)[C@H]13. The third kappa shape index (κ3) is 5.26. The Morgan fingerprint density at radius 3 is 2.50 bits per heavy atom. The van der Waals surface area contributed by atoms with Crippen molar-refractivity contribution in [2.24, 2.45) is 17.3 Å². The number of carbonyl (C=O) groups is 3. The molecule has 1 N–H and O–H groups in total. The molecule has 0 saturated carbocycles. The Bertz CT molecular complexity index is 882. The quantitative estimate of drug-likeness (QED) is 0.239. The molecule has 3 fully saturated rings. The number of unbranched alkanes of at least 4 members (excludes halogenated alkanes) is 1. The Balaban J connectivity index is 2.03. The Labute approximate surface area is 220 Å².